The van der Waals surface area contributed by atoms with Gasteiger partial charge in [0.05, 0.1) is 12.3 Å². The second-order valence-electron chi connectivity index (χ2n) is 4.63. The normalized spacial score (nSPS) is 12.9. The zero-order valence-corrected chi connectivity index (χ0v) is 14.5. The fourth-order valence-electron chi connectivity index (χ4n) is 2.30. The number of halogens is 3. The molecule has 0 bridgehead atoms. The van der Waals surface area contributed by atoms with Gasteiger partial charge in [0.1, 0.15) is 5.75 Å². The highest BCUT2D eigenvalue weighted by Gasteiger charge is 2.17. The van der Waals surface area contributed by atoms with E-state index in [1.54, 1.807) is 0 Å². The highest BCUT2D eigenvalue weighted by Crippen LogP contribution is 2.34. The van der Waals surface area contributed by atoms with Crippen molar-refractivity contribution in [2.75, 3.05) is 11.9 Å². The van der Waals surface area contributed by atoms with Gasteiger partial charge in [0.25, 0.3) is 0 Å². The van der Waals surface area contributed by atoms with Gasteiger partial charge in [0.2, 0.25) is 0 Å². The van der Waals surface area contributed by atoms with Crippen LogP contribution in [0.25, 0.3) is 0 Å². The Bertz CT molecular complexity index is 661. The average Bonchev–Trinajstić information content (AvgIpc) is 2.87. The summed E-state index contributed by atoms with van der Waals surface area (Å²) in [6, 6.07) is 9.92. The molecule has 0 fully saturated rings. The Morgan fingerprint density at radius 1 is 1.20 bits per heavy atom. The molecule has 0 aromatic heterocycles. The molecule has 3 rings (SSSR count). The molecule has 0 radical (unpaired) electrons. The van der Waals surface area contributed by atoms with Crippen LogP contribution in [0.4, 0.5) is 5.69 Å². The topological polar surface area (TPSA) is 21.3 Å². The van der Waals surface area contributed by atoms with Crippen LogP contribution in [0.3, 0.4) is 0 Å². The molecule has 5 heteroatoms. The largest absolute Gasteiger partial charge is 0.493 e. The molecule has 2 aromatic rings. The van der Waals surface area contributed by atoms with Crippen molar-refractivity contribution < 1.29 is 4.74 Å². The van der Waals surface area contributed by atoms with Crippen LogP contribution in [0.15, 0.2) is 39.3 Å². The highest BCUT2D eigenvalue weighted by molar-refractivity contribution is 9.10. The van der Waals surface area contributed by atoms with Crippen LogP contribution in [-0.4, -0.2) is 6.61 Å². The predicted molar refractivity (Wildman–Crippen MR) is 89.8 cm³/mol. The summed E-state index contributed by atoms with van der Waals surface area (Å²) in [4.78, 5) is 0. The number of rotatable bonds is 3. The van der Waals surface area contributed by atoms with Crippen molar-refractivity contribution in [1.29, 1.82) is 0 Å². The molecule has 2 aromatic carbocycles. The van der Waals surface area contributed by atoms with Gasteiger partial charge in [-0.1, -0.05) is 27.5 Å². The lowest BCUT2D eigenvalue weighted by Crippen LogP contribution is -2.02. The Labute approximate surface area is 139 Å². The number of nitrogens with one attached hydrogen (secondary N) is 1. The molecule has 0 atom stereocenters. The smallest absolute Gasteiger partial charge is 0.127 e. The SMILES string of the molecule is Clc1ccc(Br)c(NCc2cc(Br)cc3c2OCC3)c1. The van der Waals surface area contributed by atoms with Gasteiger partial charge in [-0.05, 0) is 51.8 Å². The van der Waals surface area contributed by atoms with Crippen molar-refractivity contribution >= 4 is 49.1 Å². The summed E-state index contributed by atoms with van der Waals surface area (Å²) in [6.07, 6.45) is 0.975. The maximum Gasteiger partial charge on any atom is 0.127 e. The molecule has 1 heterocycles. The van der Waals surface area contributed by atoms with E-state index in [0.29, 0.717) is 11.6 Å². The van der Waals surface area contributed by atoms with Gasteiger partial charge in [0.15, 0.2) is 0 Å². The lowest BCUT2D eigenvalue weighted by molar-refractivity contribution is 0.354. The summed E-state index contributed by atoms with van der Waals surface area (Å²) in [6.45, 7) is 1.46. The first-order valence-corrected chi connectivity index (χ1v) is 8.23. The molecular formula is C15H12Br2ClNO. The Morgan fingerprint density at radius 2 is 2.05 bits per heavy atom. The number of hydrogen-bond acceptors (Lipinski definition) is 2. The first kappa shape index (κ1) is 14.2. The first-order valence-electron chi connectivity index (χ1n) is 6.26. The van der Waals surface area contributed by atoms with Crippen LogP contribution >= 0.6 is 43.5 Å². The lowest BCUT2D eigenvalue weighted by atomic mass is 10.1. The second-order valence-corrected chi connectivity index (χ2v) is 6.84. The maximum atomic E-state index is 6.02. The van der Waals surface area contributed by atoms with Crippen LogP contribution in [0.5, 0.6) is 5.75 Å². The summed E-state index contributed by atoms with van der Waals surface area (Å²) in [5.41, 5.74) is 3.39. The fraction of sp³-hybridized carbons (Fsp3) is 0.200. The molecular weight excluding hydrogens is 405 g/mol. The molecule has 0 spiro atoms. The van der Waals surface area contributed by atoms with Crippen molar-refractivity contribution in [3.63, 3.8) is 0 Å². The average molecular weight is 418 g/mol. The molecule has 0 amide bonds. The minimum atomic E-state index is 0.695. The van der Waals surface area contributed by atoms with Gasteiger partial charge in [-0.2, -0.15) is 0 Å². The number of ether oxygens (including phenoxy) is 1. The van der Waals surface area contributed by atoms with E-state index in [4.69, 9.17) is 16.3 Å². The van der Waals surface area contributed by atoms with Gasteiger partial charge in [-0.3, -0.25) is 0 Å². The van der Waals surface area contributed by atoms with Crippen LogP contribution in [0.2, 0.25) is 5.02 Å². The van der Waals surface area contributed by atoms with E-state index < -0.39 is 0 Å². The predicted octanol–water partition coefficient (Wildman–Crippen LogP) is 5.41. The molecule has 1 aliphatic heterocycles. The van der Waals surface area contributed by atoms with Crippen LogP contribution in [0, 0.1) is 0 Å². The zero-order chi connectivity index (χ0) is 14.1. The molecule has 2 nitrogen and oxygen atoms in total. The Kier molecular flexibility index (Phi) is 4.24. The van der Waals surface area contributed by atoms with Crippen molar-refractivity contribution in [2.45, 2.75) is 13.0 Å². The Morgan fingerprint density at radius 3 is 2.90 bits per heavy atom. The summed E-state index contributed by atoms with van der Waals surface area (Å²) < 4.78 is 7.81. The standard InChI is InChI=1S/C15H12Br2ClNO/c16-11-5-9-3-4-20-15(9)10(6-11)8-19-14-7-12(18)1-2-13(14)17/h1-2,5-7,19H,3-4,8H2. The Balaban J connectivity index is 1.84. The molecule has 1 aliphatic rings. The fourth-order valence-corrected chi connectivity index (χ4v) is 3.41. The highest BCUT2D eigenvalue weighted by atomic mass is 79.9. The third-order valence-electron chi connectivity index (χ3n) is 3.22. The van der Waals surface area contributed by atoms with Gasteiger partial charge in [0, 0.05) is 32.5 Å². The van der Waals surface area contributed by atoms with E-state index >= 15 is 0 Å². The van der Waals surface area contributed by atoms with Gasteiger partial charge < -0.3 is 10.1 Å². The van der Waals surface area contributed by atoms with E-state index in [-0.39, 0.29) is 0 Å². The quantitative estimate of drug-likeness (QED) is 0.721. The summed E-state index contributed by atoms with van der Waals surface area (Å²) in [7, 11) is 0. The van der Waals surface area contributed by atoms with E-state index in [9.17, 15) is 0 Å². The van der Waals surface area contributed by atoms with Gasteiger partial charge in [-0.25, -0.2) is 0 Å². The Hall–Kier alpha value is -0.710. The number of anilines is 1. The van der Waals surface area contributed by atoms with Crippen molar-refractivity contribution in [2.24, 2.45) is 0 Å². The second kappa shape index (κ2) is 5.96. The van der Waals surface area contributed by atoms with Gasteiger partial charge in [-0.15, -0.1) is 0 Å². The van der Waals surface area contributed by atoms with Crippen molar-refractivity contribution in [1.82, 2.24) is 0 Å². The van der Waals surface area contributed by atoms with E-state index in [1.807, 2.05) is 18.2 Å². The zero-order valence-electron chi connectivity index (χ0n) is 10.6. The molecule has 104 valence electrons. The minimum Gasteiger partial charge on any atom is -0.493 e. The maximum absolute atomic E-state index is 6.02. The van der Waals surface area contributed by atoms with E-state index in [2.05, 4.69) is 49.3 Å². The molecule has 0 aliphatic carbocycles. The third-order valence-corrected chi connectivity index (χ3v) is 4.61. The van der Waals surface area contributed by atoms with Crippen molar-refractivity contribution in [3.8, 4) is 5.75 Å². The van der Waals surface area contributed by atoms with Crippen LogP contribution in [0.1, 0.15) is 11.1 Å². The van der Waals surface area contributed by atoms with E-state index in [1.165, 1.54) is 5.56 Å². The van der Waals surface area contributed by atoms with Gasteiger partial charge >= 0.3 is 0 Å². The third kappa shape index (κ3) is 2.97. The molecule has 0 saturated heterocycles. The number of hydrogen-bond donors (Lipinski definition) is 1. The summed E-state index contributed by atoms with van der Waals surface area (Å²) in [5.74, 6) is 1.01. The van der Waals surface area contributed by atoms with Crippen LogP contribution in [-0.2, 0) is 13.0 Å². The summed E-state index contributed by atoms with van der Waals surface area (Å²) in [5, 5.41) is 4.11. The monoisotopic (exact) mass is 415 g/mol. The lowest BCUT2D eigenvalue weighted by Gasteiger charge is -2.12. The number of fused-ring (bicyclic) bond motifs is 1. The first-order chi connectivity index (χ1) is 9.63. The van der Waals surface area contributed by atoms with Crippen LogP contribution < -0.4 is 10.1 Å². The molecule has 20 heavy (non-hydrogen) atoms. The van der Waals surface area contributed by atoms with E-state index in [0.717, 1.165) is 39.0 Å². The number of benzene rings is 2. The van der Waals surface area contributed by atoms with Crippen molar-refractivity contribution in [3.05, 3.63) is 55.4 Å². The molecule has 0 saturated carbocycles. The minimum absolute atomic E-state index is 0.695. The molecule has 1 N–H and O–H groups in total. The molecule has 0 unspecified atom stereocenters. The summed E-state index contributed by atoms with van der Waals surface area (Å²) >= 11 is 13.1.